The number of thioether (sulfide) groups is 1. The van der Waals surface area contributed by atoms with Crippen molar-refractivity contribution < 1.29 is 0 Å². The van der Waals surface area contributed by atoms with Gasteiger partial charge in [0.05, 0.1) is 0 Å². The van der Waals surface area contributed by atoms with Crippen LogP contribution in [0.3, 0.4) is 0 Å². The van der Waals surface area contributed by atoms with E-state index in [9.17, 15) is 4.79 Å². The first-order chi connectivity index (χ1) is 5.61. The Balaban J connectivity index is 2.64. The Hall–Kier alpha value is -0.750. The molecule has 0 aliphatic rings. The van der Waals surface area contributed by atoms with Gasteiger partial charge in [-0.2, -0.15) is 0 Å². The fraction of sp³-hybridized carbons (Fsp3) is 0.667. The van der Waals surface area contributed by atoms with Crippen molar-refractivity contribution >= 4 is 11.8 Å². The van der Waals surface area contributed by atoms with E-state index >= 15 is 0 Å². The molecule has 0 aromatic carbocycles. The van der Waals surface area contributed by atoms with Crippen LogP contribution in [-0.2, 0) is 7.05 Å². The molecule has 0 saturated carbocycles. The van der Waals surface area contributed by atoms with Gasteiger partial charge in [0.2, 0.25) is 0 Å². The highest BCUT2D eigenvalue weighted by Gasteiger charge is 2.04. The van der Waals surface area contributed by atoms with Crippen LogP contribution in [0.5, 0.6) is 0 Å². The predicted octanol–water partition coefficient (Wildman–Crippen LogP) is -0.452. The molecular weight excluding hydrogens is 176 g/mol. The van der Waals surface area contributed by atoms with Gasteiger partial charge in [-0.3, -0.25) is 4.57 Å². The second-order valence-corrected chi connectivity index (χ2v) is 3.65. The third-order valence-corrected chi connectivity index (χ3v) is 2.63. The summed E-state index contributed by atoms with van der Waals surface area (Å²) in [7, 11) is 1.68. The number of aromatic amines is 1. The molecule has 0 saturated heterocycles. The minimum absolute atomic E-state index is 0.113. The number of nitrogens with one attached hydrogen (secondary N) is 1. The Morgan fingerprint density at radius 1 is 1.83 bits per heavy atom. The van der Waals surface area contributed by atoms with Gasteiger partial charge < -0.3 is 5.73 Å². The number of hydrogen-bond acceptors (Lipinski definition) is 4. The summed E-state index contributed by atoms with van der Waals surface area (Å²) in [5.74, 6) is 0.762. The zero-order valence-corrected chi connectivity index (χ0v) is 7.89. The van der Waals surface area contributed by atoms with Crippen LogP contribution in [0, 0.1) is 0 Å². The summed E-state index contributed by atoms with van der Waals surface area (Å²) in [6.45, 7) is 1.91. The molecule has 1 atom stereocenters. The topological polar surface area (TPSA) is 76.7 Å². The lowest BCUT2D eigenvalue weighted by Crippen LogP contribution is -2.18. The summed E-state index contributed by atoms with van der Waals surface area (Å²) in [5, 5.41) is 6.85. The van der Waals surface area contributed by atoms with Crippen LogP contribution in [0.1, 0.15) is 6.92 Å². The van der Waals surface area contributed by atoms with Crippen LogP contribution in [0.15, 0.2) is 9.95 Å². The quantitative estimate of drug-likeness (QED) is 0.630. The molecule has 0 radical (unpaired) electrons. The maximum Gasteiger partial charge on any atom is 0.343 e. The molecule has 0 fully saturated rings. The van der Waals surface area contributed by atoms with E-state index in [1.54, 1.807) is 7.05 Å². The Morgan fingerprint density at radius 2 is 2.50 bits per heavy atom. The van der Waals surface area contributed by atoms with Crippen LogP contribution in [0.2, 0.25) is 0 Å². The number of nitrogens with zero attached hydrogens (tertiary/aromatic N) is 2. The number of nitrogens with two attached hydrogens (primary N) is 1. The first-order valence-corrected chi connectivity index (χ1v) is 4.59. The van der Waals surface area contributed by atoms with Gasteiger partial charge in [-0.25, -0.2) is 9.89 Å². The third kappa shape index (κ3) is 2.12. The number of H-pyrrole nitrogens is 1. The maximum atomic E-state index is 10.9. The summed E-state index contributed by atoms with van der Waals surface area (Å²) < 4.78 is 1.47. The van der Waals surface area contributed by atoms with Crippen LogP contribution >= 0.6 is 11.8 Å². The van der Waals surface area contributed by atoms with Crippen LogP contribution in [0.4, 0.5) is 0 Å². The van der Waals surface area contributed by atoms with E-state index in [4.69, 9.17) is 5.73 Å². The van der Waals surface area contributed by atoms with Gasteiger partial charge in [0.25, 0.3) is 0 Å². The smallest absolute Gasteiger partial charge is 0.327 e. The first kappa shape index (κ1) is 9.34. The minimum Gasteiger partial charge on any atom is -0.327 e. The van der Waals surface area contributed by atoms with Gasteiger partial charge in [-0.05, 0) is 6.92 Å². The van der Waals surface area contributed by atoms with Crippen molar-refractivity contribution in [1.82, 2.24) is 14.8 Å². The molecule has 0 amide bonds. The van der Waals surface area contributed by atoms with Gasteiger partial charge in [0.1, 0.15) is 0 Å². The van der Waals surface area contributed by atoms with Gasteiger partial charge in [0, 0.05) is 18.8 Å². The normalized spacial score (nSPS) is 13.2. The second-order valence-electron chi connectivity index (χ2n) is 2.66. The standard InChI is InChI=1S/C6H12N4OS/c1-4(7)3-12-6-9-8-5(11)10(6)2/h4H,3,7H2,1-2H3,(H,8,11). The van der Waals surface area contributed by atoms with E-state index in [-0.39, 0.29) is 11.7 Å². The Labute approximate surface area is 74.3 Å². The SMILES string of the molecule is CC(N)CSc1n[nH]c(=O)n1C. The summed E-state index contributed by atoms with van der Waals surface area (Å²) in [4.78, 5) is 10.9. The zero-order valence-electron chi connectivity index (χ0n) is 7.07. The molecular formula is C6H12N4OS. The van der Waals surface area contributed by atoms with E-state index in [0.29, 0.717) is 5.16 Å². The second kappa shape index (κ2) is 3.77. The third-order valence-electron chi connectivity index (χ3n) is 1.31. The molecule has 0 aliphatic heterocycles. The molecule has 5 nitrogen and oxygen atoms in total. The molecule has 6 heteroatoms. The van der Waals surface area contributed by atoms with E-state index in [1.165, 1.54) is 16.3 Å². The van der Waals surface area contributed by atoms with Crippen LogP contribution < -0.4 is 11.4 Å². The lowest BCUT2D eigenvalue weighted by molar-refractivity contribution is 0.761. The number of rotatable bonds is 3. The molecule has 1 aromatic rings. The molecule has 1 aromatic heterocycles. The molecule has 1 rings (SSSR count). The molecule has 3 N–H and O–H groups in total. The van der Waals surface area contributed by atoms with Crippen LogP contribution in [-0.4, -0.2) is 26.6 Å². The number of hydrogen-bond donors (Lipinski definition) is 2. The van der Waals surface area contributed by atoms with E-state index < -0.39 is 0 Å². The van der Waals surface area contributed by atoms with E-state index in [0.717, 1.165) is 5.75 Å². The Morgan fingerprint density at radius 3 is 2.92 bits per heavy atom. The molecule has 1 unspecified atom stereocenters. The molecule has 12 heavy (non-hydrogen) atoms. The van der Waals surface area contributed by atoms with Crippen molar-refractivity contribution in [3.63, 3.8) is 0 Å². The minimum atomic E-state index is -0.192. The van der Waals surface area contributed by atoms with Crippen molar-refractivity contribution in [3.05, 3.63) is 10.5 Å². The summed E-state index contributed by atoms with van der Waals surface area (Å²) in [6, 6.07) is 0.113. The Kier molecular flexibility index (Phi) is 2.93. The van der Waals surface area contributed by atoms with Crippen molar-refractivity contribution in [3.8, 4) is 0 Å². The van der Waals surface area contributed by atoms with Crippen molar-refractivity contribution in [2.24, 2.45) is 12.8 Å². The predicted molar refractivity (Wildman–Crippen MR) is 48.2 cm³/mol. The zero-order chi connectivity index (χ0) is 9.14. The van der Waals surface area contributed by atoms with Crippen molar-refractivity contribution in [2.75, 3.05) is 5.75 Å². The average Bonchev–Trinajstić information content (AvgIpc) is 2.30. The maximum absolute atomic E-state index is 10.9. The fourth-order valence-corrected chi connectivity index (χ4v) is 1.47. The lowest BCUT2D eigenvalue weighted by atomic mass is 10.4. The average molecular weight is 188 g/mol. The largest absolute Gasteiger partial charge is 0.343 e. The van der Waals surface area contributed by atoms with E-state index in [1.807, 2.05) is 6.92 Å². The summed E-state index contributed by atoms with van der Waals surface area (Å²) >= 11 is 1.47. The molecule has 1 heterocycles. The van der Waals surface area contributed by atoms with Crippen molar-refractivity contribution in [1.29, 1.82) is 0 Å². The molecule has 0 aliphatic carbocycles. The number of aromatic nitrogens is 3. The monoisotopic (exact) mass is 188 g/mol. The molecule has 0 bridgehead atoms. The Bertz CT molecular complexity index is 303. The van der Waals surface area contributed by atoms with Gasteiger partial charge in [0.15, 0.2) is 5.16 Å². The van der Waals surface area contributed by atoms with Crippen LogP contribution in [0.25, 0.3) is 0 Å². The molecule has 68 valence electrons. The highest BCUT2D eigenvalue weighted by Crippen LogP contribution is 2.11. The van der Waals surface area contributed by atoms with Crippen molar-refractivity contribution in [2.45, 2.75) is 18.1 Å². The van der Waals surface area contributed by atoms with Gasteiger partial charge in [-0.1, -0.05) is 11.8 Å². The summed E-state index contributed by atoms with van der Waals surface area (Å²) in [5.41, 5.74) is 5.36. The first-order valence-electron chi connectivity index (χ1n) is 3.61. The molecule has 0 spiro atoms. The van der Waals surface area contributed by atoms with E-state index in [2.05, 4.69) is 10.2 Å². The highest BCUT2D eigenvalue weighted by atomic mass is 32.2. The van der Waals surface area contributed by atoms with Gasteiger partial charge >= 0.3 is 5.69 Å². The van der Waals surface area contributed by atoms with Gasteiger partial charge in [-0.15, -0.1) is 5.10 Å². The highest BCUT2D eigenvalue weighted by molar-refractivity contribution is 7.99. The lowest BCUT2D eigenvalue weighted by Gasteiger charge is -2.02. The fourth-order valence-electron chi connectivity index (χ4n) is 0.668. The summed E-state index contributed by atoms with van der Waals surface area (Å²) in [6.07, 6.45) is 0.